The molecule has 4 N–H and O–H groups in total. The minimum Gasteiger partial charge on any atom is -0.351 e. The molecule has 208 valence electrons. The Morgan fingerprint density at radius 2 is 1.97 bits per heavy atom. The van der Waals surface area contributed by atoms with Gasteiger partial charge in [0.2, 0.25) is 5.91 Å². The van der Waals surface area contributed by atoms with Crippen molar-refractivity contribution in [3.05, 3.63) is 59.6 Å². The van der Waals surface area contributed by atoms with Crippen molar-refractivity contribution in [2.45, 2.75) is 18.5 Å². The summed E-state index contributed by atoms with van der Waals surface area (Å²) in [5.41, 5.74) is 2.47. The van der Waals surface area contributed by atoms with Crippen molar-refractivity contribution in [2.24, 2.45) is 0 Å². The number of para-hydroxylation sites is 1. The van der Waals surface area contributed by atoms with Gasteiger partial charge in [-0.2, -0.15) is 0 Å². The number of carbonyl (C=O) groups excluding carboxylic acids is 1. The van der Waals surface area contributed by atoms with E-state index < -0.39 is 7.14 Å². The maximum Gasteiger partial charge on any atom is 0.352 e. The highest BCUT2D eigenvalue weighted by molar-refractivity contribution is 7.70. The second kappa shape index (κ2) is 13.4. The van der Waals surface area contributed by atoms with Gasteiger partial charge in [0.05, 0.1) is 30.3 Å². The van der Waals surface area contributed by atoms with E-state index >= 15 is 0 Å². The van der Waals surface area contributed by atoms with E-state index in [0.717, 1.165) is 11.0 Å². The number of alkyl halides is 1. The van der Waals surface area contributed by atoms with Crippen molar-refractivity contribution in [2.75, 3.05) is 63.0 Å². The van der Waals surface area contributed by atoms with Gasteiger partial charge >= 0.3 is 5.96 Å². The average Bonchev–Trinajstić information content (AvgIpc) is 2.87. The maximum atomic E-state index is 12.9. The first-order valence-electron chi connectivity index (χ1n) is 12.5. The lowest BCUT2D eigenvalue weighted by atomic mass is 10.1. The third-order valence-electron chi connectivity index (χ3n) is 5.98. The van der Waals surface area contributed by atoms with Crippen LogP contribution in [0.15, 0.2) is 49.1 Å². The number of hydrogen-bond acceptors (Lipinski definition) is 6. The zero-order chi connectivity index (χ0) is 28.7. The van der Waals surface area contributed by atoms with Crippen LogP contribution in [0.25, 0.3) is 0 Å². The smallest absolute Gasteiger partial charge is 0.351 e. The van der Waals surface area contributed by atoms with Gasteiger partial charge in [-0.05, 0) is 58.6 Å². The van der Waals surface area contributed by atoms with E-state index in [1.54, 1.807) is 25.5 Å². The van der Waals surface area contributed by atoms with Gasteiger partial charge in [-0.3, -0.25) is 15.0 Å². The number of hydrogen-bond donors (Lipinski definition) is 4. The van der Waals surface area contributed by atoms with E-state index in [-0.39, 0.29) is 17.5 Å². The largest absolute Gasteiger partial charge is 0.352 e. The molecule has 1 aliphatic heterocycles. The highest BCUT2D eigenvalue weighted by Gasteiger charge is 2.35. The van der Waals surface area contributed by atoms with Crippen molar-refractivity contribution in [1.29, 1.82) is 0 Å². The quantitative estimate of drug-likeness (QED) is 0.122. The number of nitrogens with zero attached hydrogens (tertiary/aromatic N) is 2. The van der Waals surface area contributed by atoms with Crippen LogP contribution in [-0.2, 0) is 9.36 Å². The molecule has 1 amide bonds. The average molecular weight is 591 g/mol. The molecule has 2 aromatic rings. The predicted molar refractivity (Wildman–Crippen MR) is 166 cm³/mol. The number of benzene rings is 2. The number of guanidine groups is 1. The van der Waals surface area contributed by atoms with Gasteiger partial charge in [-0.1, -0.05) is 42.2 Å². The first kappa shape index (κ1) is 30.6. The Labute approximate surface area is 241 Å². The highest BCUT2D eigenvalue weighted by atomic mass is 35.5. The van der Waals surface area contributed by atoms with E-state index in [4.69, 9.17) is 23.2 Å². The van der Waals surface area contributed by atoms with Crippen LogP contribution < -0.4 is 26.6 Å². The molecular weight excluding hydrogens is 554 g/mol. The van der Waals surface area contributed by atoms with E-state index in [0.29, 0.717) is 47.6 Å². The van der Waals surface area contributed by atoms with Gasteiger partial charge in [0.25, 0.3) is 0 Å². The van der Waals surface area contributed by atoms with E-state index in [2.05, 4.69) is 44.3 Å². The second-order valence-electron chi connectivity index (χ2n) is 9.72. The van der Waals surface area contributed by atoms with Gasteiger partial charge in [0.1, 0.15) is 18.2 Å². The summed E-state index contributed by atoms with van der Waals surface area (Å²) < 4.78 is 15.0. The standard InChI is InChI=1S/C28H35Cl2N6O2P/c1-7-26(37)32-23-17-24(20(29)16-19(23)12-11-15-35(3)4)34-28-31-18-21(30)27(36(28)8-2)33-22-13-9-10-14-25(22)39(5,6)38/h7,9-10,13-14,16-17,21,27H,1,8,15,18H2,2-6H3,(H3,31,32,33,34,37,38)/p+1. The van der Waals surface area contributed by atoms with Crippen LogP contribution in [0, 0.1) is 11.8 Å². The molecule has 3 rings (SSSR count). The van der Waals surface area contributed by atoms with Crippen molar-refractivity contribution in [3.8, 4) is 11.8 Å². The molecule has 8 nitrogen and oxygen atoms in total. The SMILES string of the molecule is C=CC(=O)Nc1cc(NC2=[N+](CC)C(Nc3ccccc3P(C)(C)=O)C(Cl)CN2)c(Cl)cc1C#CCN(C)C. The third kappa shape index (κ3) is 8.03. The molecule has 0 aliphatic carbocycles. The molecule has 0 aromatic heterocycles. The molecule has 2 atom stereocenters. The molecule has 1 aliphatic rings. The zero-order valence-electron chi connectivity index (χ0n) is 22.9. The molecular formula is C28H36Cl2N6O2P+. The van der Waals surface area contributed by atoms with Crippen LogP contribution in [-0.4, -0.2) is 79.9 Å². The molecule has 11 heteroatoms. The van der Waals surface area contributed by atoms with Crippen molar-refractivity contribution < 1.29 is 13.9 Å². The van der Waals surface area contributed by atoms with Gasteiger partial charge in [0, 0.05) is 22.6 Å². The van der Waals surface area contributed by atoms with Gasteiger partial charge in [0.15, 0.2) is 6.17 Å². The number of amides is 1. The van der Waals surface area contributed by atoms with Crippen LogP contribution in [0.5, 0.6) is 0 Å². The number of halogens is 2. The lowest BCUT2D eigenvalue weighted by Crippen LogP contribution is -2.58. The zero-order valence-corrected chi connectivity index (χ0v) is 25.3. The van der Waals surface area contributed by atoms with Crippen LogP contribution >= 0.6 is 30.3 Å². The number of anilines is 3. The Morgan fingerprint density at radius 3 is 2.62 bits per heavy atom. The Balaban J connectivity index is 2.00. The van der Waals surface area contributed by atoms with Gasteiger partial charge in [-0.15, -0.1) is 11.6 Å². The molecule has 0 saturated carbocycles. The lowest BCUT2D eigenvalue weighted by Gasteiger charge is -2.32. The Bertz CT molecular complexity index is 1380. The molecule has 0 fully saturated rings. The fourth-order valence-corrected chi connectivity index (χ4v) is 5.74. The van der Waals surface area contributed by atoms with Crippen LogP contribution in [0.4, 0.5) is 17.1 Å². The fraction of sp³-hybridized carbons (Fsp3) is 0.357. The minimum absolute atomic E-state index is 0.288. The summed E-state index contributed by atoms with van der Waals surface area (Å²) in [6, 6.07) is 11.1. The Kier molecular flexibility index (Phi) is 10.5. The summed E-state index contributed by atoms with van der Waals surface area (Å²) in [5.74, 6) is 6.50. The fourth-order valence-electron chi connectivity index (χ4n) is 4.09. The second-order valence-corrected chi connectivity index (χ2v) is 13.9. The summed E-state index contributed by atoms with van der Waals surface area (Å²) in [4.78, 5) is 14.1. The highest BCUT2D eigenvalue weighted by Crippen LogP contribution is 2.38. The summed E-state index contributed by atoms with van der Waals surface area (Å²) in [5, 5.41) is 14.0. The third-order valence-corrected chi connectivity index (χ3v) is 8.24. The number of carbonyl (C=O) groups is 1. The van der Waals surface area contributed by atoms with Crippen LogP contribution in [0.3, 0.4) is 0 Å². The van der Waals surface area contributed by atoms with Crippen molar-refractivity contribution in [1.82, 2.24) is 10.2 Å². The van der Waals surface area contributed by atoms with E-state index in [1.165, 1.54) is 6.08 Å². The molecule has 0 spiro atoms. The topological polar surface area (TPSA) is 88.5 Å². The monoisotopic (exact) mass is 589 g/mol. The first-order valence-corrected chi connectivity index (χ1v) is 16.0. The van der Waals surface area contributed by atoms with Crippen molar-refractivity contribution in [3.63, 3.8) is 0 Å². The minimum atomic E-state index is -2.52. The summed E-state index contributed by atoms with van der Waals surface area (Å²) >= 11 is 13.5. The van der Waals surface area contributed by atoms with Gasteiger partial charge in [-0.25, -0.2) is 9.89 Å². The molecule has 0 radical (unpaired) electrons. The van der Waals surface area contributed by atoms with Crippen LogP contribution in [0.2, 0.25) is 5.02 Å². The number of rotatable bonds is 8. The summed E-state index contributed by atoms with van der Waals surface area (Å²) in [7, 11) is 1.34. The normalized spacial score (nSPS) is 17.1. The first-order chi connectivity index (χ1) is 18.4. The maximum absolute atomic E-state index is 12.9. The van der Waals surface area contributed by atoms with E-state index in [1.807, 2.05) is 50.2 Å². The lowest BCUT2D eigenvalue weighted by molar-refractivity contribution is -0.561. The molecule has 0 saturated heterocycles. The number of nitrogens with one attached hydrogen (secondary N) is 4. The Hall–Kier alpha value is -2.95. The predicted octanol–water partition coefficient (Wildman–Crippen LogP) is 4.07. The summed E-state index contributed by atoms with van der Waals surface area (Å²) in [6.07, 6.45) is 0.901. The molecule has 0 bridgehead atoms. The molecule has 39 heavy (non-hydrogen) atoms. The van der Waals surface area contributed by atoms with Crippen molar-refractivity contribution >= 4 is 64.6 Å². The van der Waals surface area contributed by atoms with E-state index in [9.17, 15) is 9.36 Å². The molecule has 2 unspecified atom stereocenters. The summed E-state index contributed by atoms with van der Waals surface area (Å²) in [6.45, 7) is 10.7. The Morgan fingerprint density at radius 1 is 1.26 bits per heavy atom. The molecule has 2 aromatic carbocycles. The van der Waals surface area contributed by atoms with Crippen LogP contribution in [0.1, 0.15) is 12.5 Å². The van der Waals surface area contributed by atoms with Gasteiger partial charge < -0.3 is 15.2 Å². The molecule has 1 heterocycles.